The molecule has 0 aliphatic heterocycles. The number of nitrogen functional groups attached to an aromatic ring is 1. The van der Waals surface area contributed by atoms with Crippen LogP contribution < -0.4 is 5.73 Å². The summed E-state index contributed by atoms with van der Waals surface area (Å²) in [6.07, 6.45) is 1.76. The highest BCUT2D eigenvalue weighted by atomic mass is 35.5. The Morgan fingerprint density at radius 1 is 1.10 bits per heavy atom. The van der Waals surface area contributed by atoms with Gasteiger partial charge in [0.05, 0.1) is 11.9 Å². The van der Waals surface area contributed by atoms with Crippen LogP contribution in [0.5, 0.6) is 0 Å². The first-order valence-electron chi connectivity index (χ1n) is 6.31. The first kappa shape index (κ1) is 12.8. The number of hydrogen-bond acceptors (Lipinski definition) is 2. The molecule has 2 N–H and O–H groups in total. The van der Waals surface area contributed by atoms with Crippen molar-refractivity contribution < 1.29 is 0 Å². The van der Waals surface area contributed by atoms with Gasteiger partial charge in [0.2, 0.25) is 0 Å². The van der Waals surface area contributed by atoms with Gasteiger partial charge in [0.25, 0.3) is 0 Å². The molecule has 20 heavy (non-hydrogen) atoms. The van der Waals surface area contributed by atoms with Crippen molar-refractivity contribution in [3.63, 3.8) is 0 Å². The molecule has 1 heterocycles. The summed E-state index contributed by atoms with van der Waals surface area (Å²) < 4.78 is 1.73. The molecule has 0 saturated heterocycles. The predicted molar refractivity (Wildman–Crippen MR) is 83.2 cm³/mol. The molecule has 0 bridgehead atoms. The summed E-state index contributed by atoms with van der Waals surface area (Å²) >= 11 is 6.02. The minimum Gasteiger partial charge on any atom is -0.383 e. The van der Waals surface area contributed by atoms with Crippen molar-refractivity contribution in [1.29, 1.82) is 0 Å². The fourth-order valence-corrected chi connectivity index (χ4v) is 2.32. The average molecular weight is 284 g/mol. The number of anilines is 1. The standard InChI is InChI=1S/C16H14ClN3/c1-11-5-7-14(8-6-11)20-16(18)15(10-19-20)12-3-2-4-13(17)9-12/h2-10H,18H2,1H3. The van der Waals surface area contributed by atoms with Crippen molar-refractivity contribution in [3.8, 4) is 16.8 Å². The van der Waals surface area contributed by atoms with E-state index in [4.69, 9.17) is 17.3 Å². The number of nitrogens with zero attached hydrogens (tertiary/aromatic N) is 2. The summed E-state index contributed by atoms with van der Waals surface area (Å²) in [5.74, 6) is 0.608. The molecule has 2 aromatic carbocycles. The lowest BCUT2D eigenvalue weighted by atomic mass is 10.1. The smallest absolute Gasteiger partial charge is 0.135 e. The fourth-order valence-electron chi connectivity index (χ4n) is 2.13. The van der Waals surface area contributed by atoms with Crippen molar-refractivity contribution in [2.75, 3.05) is 5.73 Å². The molecule has 4 heteroatoms. The normalized spacial score (nSPS) is 10.7. The SMILES string of the molecule is Cc1ccc(-n2ncc(-c3cccc(Cl)c3)c2N)cc1. The molecule has 0 unspecified atom stereocenters. The quantitative estimate of drug-likeness (QED) is 0.770. The summed E-state index contributed by atoms with van der Waals surface area (Å²) in [6, 6.07) is 15.7. The Morgan fingerprint density at radius 2 is 1.85 bits per heavy atom. The molecule has 0 amide bonds. The number of rotatable bonds is 2. The average Bonchev–Trinajstić information content (AvgIpc) is 2.82. The van der Waals surface area contributed by atoms with Crippen LogP contribution in [-0.4, -0.2) is 9.78 Å². The van der Waals surface area contributed by atoms with Crippen molar-refractivity contribution in [2.45, 2.75) is 6.92 Å². The Bertz CT molecular complexity index is 745. The lowest BCUT2D eigenvalue weighted by Gasteiger charge is -2.06. The predicted octanol–water partition coefficient (Wildman–Crippen LogP) is 4.08. The van der Waals surface area contributed by atoms with Gasteiger partial charge >= 0.3 is 0 Å². The Balaban J connectivity index is 2.07. The van der Waals surface area contributed by atoms with Gasteiger partial charge in [-0.25, -0.2) is 4.68 Å². The van der Waals surface area contributed by atoms with Crippen LogP contribution in [0.25, 0.3) is 16.8 Å². The van der Waals surface area contributed by atoms with E-state index in [2.05, 4.69) is 5.10 Å². The van der Waals surface area contributed by atoms with Gasteiger partial charge in [0.1, 0.15) is 5.82 Å². The minimum absolute atomic E-state index is 0.608. The molecule has 0 saturated carbocycles. The number of aromatic nitrogens is 2. The van der Waals surface area contributed by atoms with Crippen LogP contribution in [0.15, 0.2) is 54.7 Å². The minimum atomic E-state index is 0.608. The van der Waals surface area contributed by atoms with E-state index in [1.807, 2.05) is 55.5 Å². The Kier molecular flexibility index (Phi) is 3.20. The second-order valence-electron chi connectivity index (χ2n) is 4.70. The zero-order valence-electron chi connectivity index (χ0n) is 11.0. The highest BCUT2D eigenvalue weighted by Crippen LogP contribution is 2.29. The molecule has 0 spiro atoms. The molecule has 0 aliphatic carbocycles. The molecular weight excluding hydrogens is 270 g/mol. The molecule has 1 aromatic heterocycles. The van der Waals surface area contributed by atoms with E-state index in [0.29, 0.717) is 10.8 Å². The van der Waals surface area contributed by atoms with Crippen LogP contribution >= 0.6 is 11.6 Å². The lowest BCUT2D eigenvalue weighted by molar-refractivity contribution is 0.891. The van der Waals surface area contributed by atoms with Crippen molar-refractivity contribution in [2.24, 2.45) is 0 Å². The van der Waals surface area contributed by atoms with Gasteiger partial charge in [-0.1, -0.05) is 41.4 Å². The second-order valence-corrected chi connectivity index (χ2v) is 5.14. The van der Waals surface area contributed by atoms with Gasteiger partial charge in [-0.2, -0.15) is 5.10 Å². The van der Waals surface area contributed by atoms with E-state index in [9.17, 15) is 0 Å². The van der Waals surface area contributed by atoms with Crippen molar-refractivity contribution >= 4 is 17.4 Å². The van der Waals surface area contributed by atoms with Gasteiger partial charge in [-0.05, 0) is 36.8 Å². The molecule has 3 aromatic rings. The number of aryl methyl sites for hydroxylation is 1. The zero-order chi connectivity index (χ0) is 14.1. The monoisotopic (exact) mass is 283 g/mol. The first-order chi connectivity index (χ1) is 9.65. The molecule has 0 atom stereocenters. The van der Waals surface area contributed by atoms with Crippen LogP contribution in [0.3, 0.4) is 0 Å². The molecule has 0 fully saturated rings. The van der Waals surface area contributed by atoms with Gasteiger partial charge in [-0.15, -0.1) is 0 Å². The topological polar surface area (TPSA) is 43.8 Å². The zero-order valence-corrected chi connectivity index (χ0v) is 11.8. The number of hydrogen-bond donors (Lipinski definition) is 1. The molecule has 0 aliphatic rings. The summed E-state index contributed by atoms with van der Waals surface area (Å²) in [4.78, 5) is 0. The largest absolute Gasteiger partial charge is 0.383 e. The van der Waals surface area contributed by atoms with Gasteiger partial charge < -0.3 is 5.73 Å². The van der Waals surface area contributed by atoms with Crippen molar-refractivity contribution in [3.05, 3.63) is 65.3 Å². The van der Waals surface area contributed by atoms with E-state index in [1.54, 1.807) is 10.9 Å². The van der Waals surface area contributed by atoms with E-state index < -0.39 is 0 Å². The number of benzene rings is 2. The Hall–Kier alpha value is -2.26. The van der Waals surface area contributed by atoms with Crippen LogP contribution in [0.1, 0.15) is 5.56 Å². The summed E-state index contributed by atoms with van der Waals surface area (Å²) in [5, 5.41) is 5.06. The van der Waals surface area contributed by atoms with Gasteiger partial charge in [0, 0.05) is 10.6 Å². The van der Waals surface area contributed by atoms with E-state index in [-0.39, 0.29) is 0 Å². The van der Waals surface area contributed by atoms with Gasteiger partial charge in [-0.3, -0.25) is 0 Å². The first-order valence-corrected chi connectivity index (χ1v) is 6.69. The molecule has 3 rings (SSSR count). The highest BCUT2D eigenvalue weighted by molar-refractivity contribution is 6.30. The maximum Gasteiger partial charge on any atom is 0.135 e. The maximum absolute atomic E-state index is 6.21. The summed E-state index contributed by atoms with van der Waals surface area (Å²) in [7, 11) is 0. The molecule has 3 nitrogen and oxygen atoms in total. The fraction of sp³-hybridized carbons (Fsp3) is 0.0625. The Morgan fingerprint density at radius 3 is 2.55 bits per heavy atom. The van der Waals surface area contributed by atoms with E-state index in [1.165, 1.54) is 5.56 Å². The van der Waals surface area contributed by atoms with Crippen LogP contribution in [0.2, 0.25) is 5.02 Å². The second kappa shape index (κ2) is 5.02. The van der Waals surface area contributed by atoms with Crippen LogP contribution in [0.4, 0.5) is 5.82 Å². The molecule has 100 valence electrons. The molecule has 0 radical (unpaired) electrons. The van der Waals surface area contributed by atoms with Crippen LogP contribution in [-0.2, 0) is 0 Å². The third-order valence-corrected chi connectivity index (χ3v) is 3.46. The maximum atomic E-state index is 6.21. The lowest BCUT2D eigenvalue weighted by Crippen LogP contribution is -2.02. The third kappa shape index (κ3) is 2.28. The van der Waals surface area contributed by atoms with E-state index >= 15 is 0 Å². The Labute approximate surface area is 122 Å². The van der Waals surface area contributed by atoms with Crippen LogP contribution in [0, 0.1) is 6.92 Å². The van der Waals surface area contributed by atoms with E-state index in [0.717, 1.165) is 16.8 Å². The number of nitrogens with two attached hydrogens (primary N) is 1. The third-order valence-electron chi connectivity index (χ3n) is 3.22. The van der Waals surface area contributed by atoms with Gasteiger partial charge in [0.15, 0.2) is 0 Å². The summed E-state index contributed by atoms with van der Waals surface area (Å²) in [6.45, 7) is 2.05. The highest BCUT2D eigenvalue weighted by Gasteiger charge is 2.11. The molecular formula is C16H14ClN3. The van der Waals surface area contributed by atoms with Crippen molar-refractivity contribution in [1.82, 2.24) is 9.78 Å². The summed E-state index contributed by atoms with van der Waals surface area (Å²) in [5.41, 5.74) is 10.2. The number of halogens is 1.